The van der Waals surface area contributed by atoms with E-state index in [0.29, 0.717) is 12.1 Å². The largest absolute Gasteiger partial charge is 0.312 e. The first-order chi connectivity index (χ1) is 8.29. The van der Waals surface area contributed by atoms with Crippen molar-refractivity contribution in [2.45, 2.75) is 58.2 Å². The minimum Gasteiger partial charge on any atom is -0.312 e. The Morgan fingerprint density at radius 3 is 2.50 bits per heavy atom. The second-order valence-corrected chi connectivity index (χ2v) is 8.07. The van der Waals surface area contributed by atoms with E-state index in [2.05, 4.69) is 24.1 Å². The molecule has 0 spiro atoms. The molecule has 1 N–H and O–H groups in total. The molecular weight excluding hydrogens is 248 g/mol. The predicted octanol–water partition coefficient (Wildman–Crippen LogP) is 1.27. The van der Waals surface area contributed by atoms with E-state index in [9.17, 15) is 8.42 Å². The van der Waals surface area contributed by atoms with E-state index < -0.39 is 9.84 Å². The van der Waals surface area contributed by atoms with Crippen molar-refractivity contribution in [3.8, 4) is 0 Å². The molecule has 1 fully saturated rings. The molecule has 1 aliphatic rings. The van der Waals surface area contributed by atoms with Gasteiger partial charge < -0.3 is 5.32 Å². The molecule has 2 atom stereocenters. The fourth-order valence-corrected chi connectivity index (χ4v) is 3.80. The molecule has 0 bridgehead atoms. The number of hydrogen-bond donors (Lipinski definition) is 1. The van der Waals surface area contributed by atoms with E-state index in [4.69, 9.17) is 0 Å². The third-order valence-electron chi connectivity index (χ3n) is 3.59. The molecular formula is C13H28N2O2S. The molecule has 0 radical (unpaired) electrons. The van der Waals surface area contributed by atoms with Crippen molar-refractivity contribution >= 4 is 9.84 Å². The van der Waals surface area contributed by atoms with Crippen LogP contribution in [0.15, 0.2) is 0 Å². The summed E-state index contributed by atoms with van der Waals surface area (Å²) in [6, 6.07) is 1.17. The van der Waals surface area contributed by atoms with Gasteiger partial charge in [0.2, 0.25) is 0 Å². The van der Waals surface area contributed by atoms with Gasteiger partial charge in [-0.2, -0.15) is 0 Å². The molecule has 1 saturated heterocycles. The first kappa shape index (κ1) is 15.9. The molecule has 2 unspecified atom stereocenters. The molecule has 1 aliphatic heterocycles. The highest BCUT2D eigenvalue weighted by molar-refractivity contribution is 7.90. The maximum atomic E-state index is 11.2. The maximum Gasteiger partial charge on any atom is 0.148 e. The van der Waals surface area contributed by atoms with Crippen LogP contribution in [0.25, 0.3) is 0 Å². The van der Waals surface area contributed by atoms with Gasteiger partial charge in [0.1, 0.15) is 9.84 Å². The van der Waals surface area contributed by atoms with Crippen LogP contribution in [0, 0.1) is 0 Å². The van der Waals surface area contributed by atoms with Gasteiger partial charge >= 0.3 is 0 Å². The van der Waals surface area contributed by atoms with Gasteiger partial charge in [0.25, 0.3) is 0 Å². The van der Waals surface area contributed by atoms with Crippen LogP contribution in [0.4, 0.5) is 0 Å². The average Bonchev–Trinajstić information content (AvgIpc) is 2.24. The van der Waals surface area contributed by atoms with Crippen molar-refractivity contribution in [3.05, 3.63) is 0 Å². The Bertz CT molecular complexity index is 341. The molecule has 0 aromatic heterocycles. The summed E-state index contributed by atoms with van der Waals surface area (Å²) in [5, 5.41) is 3.37. The lowest BCUT2D eigenvalue weighted by Crippen LogP contribution is -2.50. The van der Waals surface area contributed by atoms with Crippen LogP contribution in [-0.4, -0.2) is 56.5 Å². The summed E-state index contributed by atoms with van der Waals surface area (Å²) < 4.78 is 22.4. The van der Waals surface area contributed by atoms with Gasteiger partial charge in [-0.3, -0.25) is 4.90 Å². The lowest BCUT2D eigenvalue weighted by molar-refractivity contribution is 0.109. The van der Waals surface area contributed by atoms with E-state index in [1.165, 1.54) is 32.1 Å². The monoisotopic (exact) mass is 276 g/mol. The van der Waals surface area contributed by atoms with Gasteiger partial charge in [-0.05, 0) is 40.2 Å². The minimum absolute atomic E-state index is 0.0379. The third kappa shape index (κ3) is 5.67. The fraction of sp³-hybridized carbons (Fsp3) is 1.00. The van der Waals surface area contributed by atoms with Gasteiger partial charge in [-0.1, -0.05) is 6.42 Å². The van der Waals surface area contributed by atoms with Gasteiger partial charge in [0.05, 0.1) is 5.75 Å². The Kier molecular flexibility index (Phi) is 6.08. The maximum absolute atomic E-state index is 11.2. The molecule has 1 rings (SSSR count). The molecule has 5 heteroatoms. The summed E-state index contributed by atoms with van der Waals surface area (Å²) in [5.41, 5.74) is 0. The number of rotatable bonds is 6. The Hall–Kier alpha value is -0.130. The molecule has 18 heavy (non-hydrogen) atoms. The SMILES string of the molecule is CC(CS(C)(=O)=O)NCC1CCCCN1C(C)C. The van der Waals surface area contributed by atoms with Gasteiger partial charge in [0, 0.05) is 30.9 Å². The van der Waals surface area contributed by atoms with E-state index in [1.807, 2.05) is 6.92 Å². The quantitative estimate of drug-likeness (QED) is 0.794. The summed E-state index contributed by atoms with van der Waals surface area (Å²) in [7, 11) is -2.88. The molecule has 0 saturated carbocycles. The molecule has 0 aromatic carbocycles. The lowest BCUT2D eigenvalue weighted by Gasteiger charge is -2.39. The number of nitrogens with zero attached hydrogens (tertiary/aromatic N) is 1. The molecule has 0 aromatic rings. The van der Waals surface area contributed by atoms with E-state index >= 15 is 0 Å². The van der Waals surface area contributed by atoms with Crippen molar-refractivity contribution in [3.63, 3.8) is 0 Å². The first-order valence-electron chi connectivity index (χ1n) is 6.96. The minimum atomic E-state index is -2.88. The summed E-state index contributed by atoms with van der Waals surface area (Å²) in [5.74, 6) is 0.224. The van der Waals surface area contributed by atoms with E-state index in [-0.39, 0.29) is 11.8 Å². The molecule has 0 amide bonds. The molecule has 4 nitrogen and oxygen atoms in total. The normalized spacial score (nSPS) is 24.4. The third-order valence-corrected chi connectivity index (χ3v) is 4.70. The Morgan fingerprint density at radius 1 is 1.28 bits per heavy atom. The number of likely N-dealkylation sites (tertiary alicyclic amines) is 1. The molecule has 108 valence electrons. The summed E-state index contributed by atoms with van der Waals surface area (Å²) in [6.45, 7) is 8.49. The zero-order valence-corrected chi connectivity index (χ0v) is 13.0. The van der Waals surface area contributed by atoms with E-state index in [1.54, 1.807) is 0 Å². The van der Waals surface area contributed by atoms with Gasteiger partial charge in [0.15, 0.2) is 0 Å². The van der Waals surface area contributed by atoms with Crippen molar-refractivity contribution in [1.29, 1.82) is 0 Å². The van der Waals surface area contributed by atoms with E-state index in [0.717, 1.165) is 6.54 Å². The smallest absolute Gasteiger partial charge is 0.148 e. The highest BCUT2D eigenvalue weighted by atomic mass is 32.2. The van der Waals surface area contributed by atoms with Gasteiger partial charge in [-0.15, -0.1) is 0 Å². The summed E-state index contributed by atoms with van der Waals surface area (Å²) >= 11 is 0. The highest BCUT2D eigenvalue weighted by Crippen LogP contribution is 2.18. The van der Waals surface area contributed by atoms with Crippen LogP contribution in [0.2, 0.25) is 0 Å². The van der Waals surface area contributed by atoms with Crippen molar-refractivity contribution in [2.24, 2.45) is 0 Å². The van der Waals surface area contributed by atoms with Crippen LogP contribution in [0.1, 0.15) is 40.0 Å². The summed E-state index contributed by atoms with van der Waals surface area (Å²) in [4.78, 5) is 2.53. The number of piperidine rings is 1. The Balaban J connectivity index is 2.41. The van der Waals surface area contributed by atoms with Gasteiger partial charge in [-0.25, -0.2) is 8.42 Å². The zero-order chi connectivity index (χ0) is 13.8. The van der Waals surface area contributed by atoms with Crippen LogP contribution in [0.3, 0.4) is 0 Å². The van der Waals surface area contributed by atoms with Crippen LogP contribution < -0.4 is 5.32 Å². The van der Waals surface area contributed by atoms with Crippen molar-refractivity contribution in [2.75, 3.05) is 25.1 Å². The fourth-order valence-electron chi connectivity index (χ4n) is 2.77. The zero-order valence-electron chi connectivity index (χ0n) is 12.1. The number of nitrogens with one attached hydrogen (secondary N) is 1. The summed E-state index contributed by atoms with van der Waals surface area (Å²) in [6.07, 6.45) is 5.09. The van der Waals surface area contributed by atoms with Crippen molar-refractivity contribution < 1.29 is 8.42 Å². The topological polar surface area (TPSA) is 49.4 Å². The van der Waals surface area contributed by atoms with Crippen molar-refractivity contribution in [1.82, 2.24) is 10.2 Å². The highest BCUT2D eigenvalue weighted by Gasteiger charge is 2.24. The Labute approximate surface area is 112 Å². The first-order valence-corrected chi connectivity index (χ1v) is 9.02. The molecule has 1 heterocycles. The van der Waals surface area contributed by atoms with Crippen LogP contribution in [0.5, 0.6) is 0 Å². The second kappa shape index (κ2) is 6.87. The molecule has 0 aliphatic carbocycles. The standard InChI is InChI=1S/C13H28N2O2S/c1-11(2)15-8-6-5-7-13(15)9-14-12(3)10-18(4,16)17/h11-14H,5-10H2,1-4H3. The van der Waals surface area contributed by atoms with Crippen LogP contribution in [-0.2, 0) is 9.84 Å². The lowest BCUT2D eigenvalue weighted by atomic mass is 10.00. The number of hydrogen-bond acceptors (Lipinski definition) is 4. The van der Waals surface area contributed by atoms with Crippen LogP contribution >= 0.6 is 0 Å². The number of sulfone groups is 1. The average molecular weight is 276 g/mol. The predicted molar refractivity (Wildman–Crippen MR) is 76.7 cm³/mol. The second-order valence-electron chi connectivity index (χ2n) is 5.88. The Morgan fingerprint density at radius 2 is 1.94 bits per heavy atom.